The van der Waals surface area contributed by atoms with E-state index in [1.54, 1.807) is 0 Å². The number of aromatic nitrogens is 1. The molecular formula is C16H23F3N4O. The topological polar surface area (TPSA) is 54.6 Å². The number of halogens is 3. The van der Waals surface area contributed by atoms with Gasteiger partial charge in [0, 0.05) is 30.7 Å². The smallest absolute Gasteiger partial charge is 0.383 e. The number of nitrogens with two attached hydrogens (primary N) is 1. The number of piperazine rings is 1. The van der Waals surface area contributed by atoms with E-state index >= 15 is 0 Å². The van der Waals surface area contributed by atoms with Crippen molar-refractivity contribution < 1.29 is 17.9 Å². The molecule has 24 heavy (non-hydrogen) atoms. The highest BCUT2D eigenvalue weighted by atomic mass is 19.4. The van der Waals surface area contributed by atoms with Crippen LogP contribution in [0.1, 0.15) is 31.9 Å². The molecule has 1 saturated heterocycles. The van der Waals surface area contributed by atoms with Gasteiger partial charge in [0.15, 0.2) is 0 Å². The van der Waals surface area contributed by atoms with E-state index in [9.17, 15) is 13.2 Å². The van der Waals surface area contributed by atoms with Gasteiger partial charge in [-0.1, -0.05) is 0 Å². The SMILES string of the molecule is CC(C)(C)N1CCN2c3nc(N)c(C(F)(F)F)cc3COC[C@H]2C1. The number of pyridine rings is 1. The van der Waals surface area contributed by atoms with Gasteiger partial charge in [0.05, 0.1) is 24.8 Å². The Bertz CT molecular complexity index is 627. The summed E-state index contributed by atoms with van der Waals surface area (Å²) in [5, 5.41) is 0. The second-order valence-corrected chi connectivity index (χ2v) is 7.38. The number of anilines is 2. The molecule has 134 valence electrons. The number of nitrogen functional groups attached to an aromatic ring is 1. The zero-order valence-corrected chi connectivity index (χ0v) is 14.2. The van der Waals surface area contributed by atoms with Crippen molar-refractivity contribution in [3.8, 4) is 0 Å². The lowest BCUT2D eigenvalue weighted by molar-refractivity contribution is -0.137. The van der Waals surface area contributed by atoms with Gasteiger partial charge in [0.1, 0.15) is 11.6 Å². The van der Waals surface area contributed by atoms with Crippen molar-refractivity contribution in [3.05, 3.63) is 17.2 Å². The van der Waals surface area contributed by atoms with Crippen LogP contribution in [-0.2, 0) is 17.5 Å². The maximum atomic E-state index is 13.1. The Morgan fingerprint density at radius 1 is 1.25 bits per heavy atom. The van der Waals surface area contributed by atoms with Crippen molar-refractivity contribution in [3.63, 3.8) is 0 Å². The van der Waals surface area contributed by atoms with Gasteiger partial charge in [0.2, 0.25) is 0 Å². The maximum absolute atomic E-state index is 13.1. The standard InChI is InChI=1S/C16H23F3N4O/c1-15(2,3)22-4-5-23-11(7-22)9-24-8-10-6-12(16(17,18)19)13(20)21-14(10)23/h6,11H,4-5,7-9H2,1-3H3,(H2,20,21)/t11-/m1/s1. The first kappa shape index (κ1) is 17.3. The molecule has 5 nitrogen and oxygen atoms in total. The molecule has 2 aliphatic heterocycles. The van der Waals surface area contributed by atoms with Crippen LogP contribution in [0.4, 0.5) is 24.8 Å². The zero-order valence-electron chi connectivity index (χ0n) is 14.2. The minimum atomic E-state index is -4.51. The lowest BCUT2D eigenvalue weighted by atomic mass is 10.0. The quantitative estimate of drug-likeness (QED) is 0.784. The van der Waals surface area contributed by atoms with Crippen LogP contribution < -0.4 is 10.6 Å². The maximum Gasteiger partial charge on any atom is 0.419 e. The van der Waals surface area contributed by atoms with Gasteiger partial charge in [-0.15, -0.1) is 0 Å². The fourth-order valence-corrected chi connectivity index (χ4v) is 3.33. The second-order valence-electron chi connectivity index (χ2n) is 7.38. The summed E-state index contributed by atoms with van der Waals surface area (Å²) in [4.78, 5) is 8.50. The van der Waals surface area contributed by atoms with Crippen LogP contribution in [-0.4, -0.2) is 47.7 Å². The minimum absolute atomic E-state index is 0.0355. The van der Waals surface area contributed by atoms with Crippen LogP contribution in [0.25, 0.3) is 0 Å². The average Bonchev–Trinajstić information content (AvgIpc) is 2.63. The third-order valence-electron chi connectivity index (χ3n) is 4.68. The number of rotatable bonds is 0. The van der Waals surface area contributed by atoms with Gasteiger partial charge in [0.25, 0.3) is 0 Å². The molecule has 2 N–H and O–H groups in total. The van der Waals surface area contributed by atoms with E-state index in [4.69, 9.17) is 10.5 Å². The van der Waals surface area contributed by atoms with Crippen molar-refractivity contribution >= 4 is 11.6 Å². The molecule has 1 fully saturated rings. The van der Waals surface area contributed by atoms with Crippen LogP contribution in [0.2, 0.25) is 0 Å². The van der Waals surface area contributed by atoms with Crippen molar-refractivity contribution in [1.29, 1.82) is 0 Å². The van der Waals surface area contributed by atoms with Crippen molar-refractivity contribution in [2.45, 2.75) is 45.1 Å². The summed E-state index contributed by atoms with van der Waals surface area (Å²) in [6, 6.07) is 1.14. The molecule has 1 atom stereocenters. The van der Waals surface area contributed by atoms with E-state index in [-0.39, 0.29) is 18.2 Å². The molecule has 0 spiro atoms. The van der Waals surface area contributed by atoms with Gasteiger partial charge in [-0.05, 0) is 26.8 Å². The van der Waals surface area contributed by atoms with Crippen LogP contribution in [0, 0.1) is 0 Å². The lowest BCUT2D eigenvalue weighted by Gasteiger charge is -2.46. The first-order valence-corrected chi connectivity index (χ1v) is 8.03. The molecule has 0 bridgehead atoms. The first-order chi connectivity index (χ1) is 11.1. The molecule has 0 saturated carbocycles. The van der Waals surface area contributed by atoms with Gasteiger partial charge in [-0.25, -0.2) is 4.98 Å². The molecule has 0 aliphatic carbocycles. The summed E-state index contributed by atoms with van der Waals surface area (Å²) in [7, 11) is 0. The molecular weight excluding hydrogens is 321 g/mol. The highest BCUT2D eigenvalue weighted by molar-refractivity contribution is 5.57. The van der Waals surface area contributed by atoms with E-state index in [1.807, 2.05) is 4.90 Å². The van der Waals surface area contributed by atoms with E-state index in [0.717, 1.165) is 19.2 Å². The van der Waals surface area contributed by atoms with Crippen LogP contribution in [0.15, 0.2) is 6.07 Å². The molecule has 1 aromatic heterocycles. The van der Waals surface area contributed by atoms with Crippen molar-refractivity contribution in [2.24, 2.45) is 0 Å². The minimum Gasteiger partial charge on any atom is -0.383 e. The molecule has 8 heteroatoms. The van der Waals surface area contributed by atoms with Gasteiger partial charge >= 0.3 is 6.18 Å². The Balaban J connectivity index is 1.94. The van der Waals surface area contributed by atoms with Crippen LogP contribution in [0.3, 0.4) is 0 Å². The molecule has 3 rings (SSSR count). The summed E-state index contributed by atoms with van der Waals surface area (Å²) < 4.78 is 44.8. The Morgan fingerprint density at radius 2 is 1.96 bits per heavy atom. The van der Waals surface area contributed by atoms with E-state index in [2.05, 4.69) is 30.7 Å². The van der Waals surface area contributed by atoms with Gasteiger partial charge in [-0.3, -0.25) is 4.90 Å². The summed E-state index contributed by atoms with van der Waals surface area (Å²) in [5.74, 6) is 0.0525. The van der Waals surface area contributed by atoms with Gasteiger partial charge < -0.3 is 15.4 Å². The van der Waals surface area contributed by atoms with Crippen molar-refractivity contribution in [1.82, 2.24) is 9.88 Å². The first-order valence-electron chi connectivity index (χ1n) is 8.03. The van der Waals surface area contributed by atoms with E-state index in [1.165, 1.54) is 0 Å². The summed E-state index contributed by atoms with van der Waals surface area (Å²) in [6.45, 7) is 9.34. The molecule has 1 aromatic rings. The Labute approximate surface area is 139 Å². The summed E-state index contributed by atoms with van der Waals surface area (Å²) >= 11 is 0. The molecule has 0 aromatic carbocycles. The van der Waals surface area contributed by atoms with E-state index < -0.39 is 17.6 Å². The van der Waals surface area contributed by atoms with Gasteiger partial charge in [-0.2, -0.15) is 13.2 Å². The number of fused-ring (bicyclic) bond motifs is 3. The molecule has 0 radical (unpaired) electrons. The Morgan fingerprint density at radius 3 is 2.58 bits per heavy atom. The fourth-order valence-electron chi connectivity index (χ4n) is 3.33. The molecule has 0 amide bonds. The number of hydrogen-bond acceptors (Lipinski definition) is 5. The zero-order chi connectivity index (χ0) is 17.7. The summed E-state index contributed by atoms with van der Waals surface area (Å²) in [5.41, 5.74) is 5.18. The average molecular weight is 344 g/mol. The number of alkyl halides is 3. The third kappa shape index (κ3) is 3.17. The largest absolute Gasteiger partial charge is 0.419 e. The predicted octanol–water partition coefficient (Wildman–Crippen LogP) is 2.50. The Hall–Kier alpha value is -1.54. The lowest BCUT2D eigenvalue weighted by Crippen LogP contribution is -2.59. The van der Waals surface area contributed by atoms with Crippen LogP contribution >= 0.6 is 0 Å². The second kappa shape index (κ2) is 5.77. The third-order valence-corrected chi connectivity index (χ3v) is 4.68. The molecule has 0 unspecified atom stereocenters. The molecule has 3 heterocycles. The predicted molar refractivity (Wildman–Crippen MR) is 85.8 cm³/mol. The highest BCUT2D eigenvalue weighted by Gasteiger charge is 2.39. The normalized spacial score (nSPS) is 22.8. The Kier molecular flexibility index (Phi) is 4.16. The van der Waals surface area contributed by atoms with Crippen LogP contribution in [0.5, 0.6) is 0 Å². The summed E-state index contributed by atoms with van der Waals surface area (Å²) in [6.07, 6.45) is -4.51. The fraction of sp³-hybridized carbons (Fsp3) is 0.688. The molecule has 2 aliphatic rings. The monoisotopic (exact) mass is 344 g/mol. The number of hydrogen-bond donors (Lipinski definition) is 1. The highest BCUT2D eigenvalue weighted by Crippen LogP contribution is 2.37. The number of ether oxygens (including phenoxy) is 1. The van der Waals surface area contributed by atoms with E-state index in [0.29, 0.717) is 24.5 Å². The van der Waals surface area contributed by atoms with Crippen molar-refractivity contribution in [2.75, 3.05) is 36.9 Å². The number of nitrogens with zero attached hydrogens (tertiary/aromatic N) is 3.